The van der Waals surface area contributed by atoms with Crippen molar-refractivity contribution >= 4 is 17.8 Å². The van der Waals surface area contributed by atoms with E-state index >= 15 is 0 Å². The zero-order valence-corrected chi connectivity index (χ0v) is 11.1. The van der Waals surface area contributed by atoms with E-state index in [0.717, 1.165) is 19.4 Å². The van der Waals surface area contributed by atoms with E-state index in [4.69, 9.17) is 5.73 Å². The molecule has 1 aromatic rings. The molecule has 0 aliphatic heterocycles. The number of nitrogens with one attached hydrogen (secondary N) is 1. The maximum Gasteiger partial charge on any atom is 0.231 e. The van der Waals surface area contributed by atoms with Crippen LogP contribution in [-0.2, 0) is 0 Å². The lowest BCUT2D eigenvalue weighted by molar-refractivity contribution is 0.517. The molecule has 1 aromatic heterocycles. The van der Waals surface area contributed by atoms with Gasteiger partial charge in [-0.1, -0.05) is 26.7 Å². The minimum Gasteiger partial charge on any atom is -0.368 e. The molecule has 1 heterocycles. The van der Waals surface area contributed by atoms with Crippen molar-refractivity contribution in [3.05, 3.63) is 0 Å². The molecular formula is C11H22N6. The van der Waals surface area contributed by atoms with Crippen LogP contribution in [0.15, 0.2) is 0 Å². The highest BCUT2D eigenvalue weighted by molar-refractivity contribution is 5.40. The molecule has 0 bridgehead atoms. The van der Waals surface area contributed by atoms with Crippen LogP contribution in [0.3, 0.4) is 0 Å². The molecule has 1 rings (SSSR count). The molecule has 0 radical (unpaired) electrons. The summed E-state index contributed by atoms with van der Waals surface area (Å²) >= 11 is 0. The van der Waals surface area contributed by atoms with Gasteiger partial charge in [0.1, 0.15) is 0 Å². The van der Waals surface area contributed by atoms with Crippen LogP contribution in [0, 0.1) is 5.92 Å². The van der Waals surface area contributed by atoms with E-state index < -0.39 is 0 Å². The number of aromatic nitrogens is 3. The smallest absolute Gasteiger partial charge is 0.231 e. The summed E-state index contributed by atoms with van der Waals surface area (Å²) in [5.41, 5.74) is 5.64. The molecule has 17 heavy (non-hydrogen) atoms. The molecule has 96 valence electrons. The third-order valence-electron chi connectivity index (χ3n) is 2.74. The maximum atomic E-state index is 5.64. The molecule has 6 nitrogen and oxygen atoms in total. The Hall–Kier alpha value is -1.59. The Morgan fingerprint density at radius 1 is 1.18 bits per heavy atom. The summed E-state index contributed by atoms with van der Waals surface area (Å²) in [7, 11) is 3.75. The Balaban J connectivity index is 2.70. The van der Waals surface area contributed by atoms with Gasteiger partial charge in [-0.25, -0.2) is 0 Å². The first kappa shape index (κ1) is 13.5. The van der Waals surface area contributed by atoms with Crippen molar-refractivity contribution in [1.29, 1.82) is 0 Å². The van der Waals surface area contributed by atoms with Crippen molar-refractivity contribution < 1.29 is 0 Å². The van der Waals surface area contributed by atoms with Crippen LogP contribution in [0.4, 0.5) is 17.8 Å². The van der Waals surface area contributed by atoms with Gasteiger partial charge in [0.25, 0.3) is 0 Å². The first-order valence-corrected chi connectivity index (χ1v) is 5.99. The van der Waals surface area contributed by atoms with E-state index in [9.17, 15) is 0 Å². The zero-order chi connectivity index (χ0) is 12.8. The molecule has 0 spiro atoms. The minimum absolute atomic E-state index is 0.246. The minimum atomic E-state index is 0.246. The van der Waals surface area contributed by atoms with Crippen molar-refractivity contribution in [2.75, 3.05) is 36.6 Å². The molecule has 6 heteroatoms. The summed E-state index contributed by atoms with van der Waals surface area (Å²) in [5, 5.41) is 3.21. The lowest BCUT2D eigenvalue weighted by atomic mass is 10.0. The van der Waals surface area contributed by atoms with Crippen LogP contribution in [-0.4, -0.2) is 35.6 Å². The molecule has 0 fully saturated rings. The van der Waals surface area contributed by atoms with Gasteiger partial charge in [-0.3, -0.25) is 0 Å². The third kappa shape index (κ3) is 4.05. The second kappa shape index (κ2) is 6.22. The number of nitrogens with zero attached hydrogens (tertiary/aromatic N) is 4. The second-order valence-electron chi connectivity index (χ2n) is 4.28. The molecule has 0 aromatic carbocycles. The van der Waals surface area contributed by atoms with Crippen LogP contribution in [0.25, 0.3) is 0 Å². The topological polar surface area (TPSA) is 80.0 Å². The quantitative estimate of drug-likeness (QED) is 0.779. The standard InChI is InChI=1S/C11H22N6/c1-5-8(6-2)7-13-10-14-9(12)15-11(16-10)17(3)4/h8H,5-7H2,1-4H3,(H3,12,13,14,15,16). The lowest BCUT2D eigenvalue weighted by Crippen LogP contribution is -2.19. The summed E-state index contributed by atoms with van der Waals surface area (Å²) in [6.07, 6.45) is 2.29. The molecule has 0 unspecified atom stereocenters. The van der Waals surface area contributed by atoms with Gasteiger partial charge >= 0.3 is 0 Å². The fourth-order valence-corrected chi connectivity index (χ4v) is 1.47. The number of nitrogen functional groups attached to an aromatic ring is 1. The van der Waals surface area contributed by atoms with Crippen LogP contribution in [0.1, 0.15) is 26.7 Å². The van der Waals surface area contributed by atoms with E-state index in [1.165, 1.54) is 0 Å². The van der Waals surface area contributed by atoms with E-state index in [-0.39, 0.29) is 5.95 Å². The SMILES string of the molecule is CCC(CC)CNc1nc(N)nc(N(C)C)n1. The summed E-state index contributed by atoms with van der Waals surface area (Å²) in [6.45, 7) is 5.23. The average molecular weight is 238 g/mol. The van der Waals surface area contributed by atoms with Gasteiger partial charge in [0, 0.05) is 20.6 Å². The van der Waals surface area contributed by atoms with Crippen molar-refractivity contribution in [3.63, 3.8) is 0 Å². The van der Waals surface area contributed by atoms with Gasteiger partial charge in [-0.2, -0.15) is 15.0 Å². The Morgan fingerprint density at radius 3 is 2.35 bits per heavy atom. The molecule has 0 saturated heterocycles. The largest absolute Gasteiger partial charge is 0.368 e. The van der Waals surface area contributed by atoms with Crippen LogP contribution in [0.5, 0.6) is 0 Å². The summed E-state index contributed by atoms with van der Waals surface area (Å²) in [5.74, 6) is 2.00. The summed E-state index contributed by atoms with van der Waals surface area (Å²) < 4.78 is 0. The Labute approximate surface area is 103 Å². The fourth-order valence-electron chi connectivity index (χ4n) is 1.47. The lowest BCUT2D eigenvalue weighted by Gasteiger charge is -2.15. The zero-order valence-electron chi connectivity index (χ0n) is 11.1. The third-order valence-corrected chi connectivity index (χ3v) is 2.74. The van der Waals surface area contributed by atoms with E-state index in [2.05, 4.69) is 34.1 Å². The highest BCUT2D eigenvalue weighted by Gasteiger charge is 2.08. The number of hydrogen-bond acceptors (Lipinski definition) is 6. The van der Waals surface area contributed by atoms with Crippen molar-refractivity contribution in [3.8, 4) is 0 Å². The van der Waals surface area contributed by atoms with Gasteiger partial charge in [0.2, 0.25) is 17.8 Å². The monoisotopic (exact) mass is 238 g/mol. The predicted molar refractivity (Wildman–Crippen MR) is 71.1 cm³/mol. The normalized spacial score (nSPS) is 10.6. The predicted octanol–water partition coefficient (Wildman–Crippen LogP) is 1.37. The highest BCUT2D eigenvalue weighted by atomic mass is 15.3. The molecule has 0 aliphatic rings. The second-order valence-corrected chi connectivity index (χ2v) is 4.28. The number of anilines is 3. The van der Waals surface area contributed by atoms with Gasteiger partial charge in [-0.15, -0.1) is 0 Å². The van der Waals surface area contributed by atoms with Gasteiger partial charge < -0.3 is 16.0 Å². The van der Waals surface area contributed by atoms with Crippen LogP contribution < -0.4 is 16.0 Å². The van der Waals surface area contributed by atoms with E-state index in [1.54, 1.807) is 4.90 Å². The highest BCUT2D eigenvalue weighted by Crippen LogP contribution is 2.11. The average Bonchev–Trinajstić information content (AvgIpc) is 2.29. The summed E-state index contributed by atoms with van der Waals surface area (Å²) in [4.78, 5) is 14.2. The van der Waals surface area contributed by atoms with Crippen LogP contribution in [0.2, 0.25) is 0 Å². The number of hydrogen-bond donors (Lipinski definition) is 2. The first-order valence-electron chi connectivity index (χ1n) is 5.99. The molecule has 0 amide bonds. The van der Waals surface area contributed by atoms with Gasteiger partial charge in [0.15, 0.2) is 0 Å². The Kier molecular flexibility index (Phi) is 4.93. The molecule has 0 saturated carbocycles. The van der Waals surface area contributed by atoms with Crippen LogP contribution >= 0.6 is 0 Å². The molecule has 3 N–H and O–H groups in total. The Morgan fingerprint density at radius 2 is 1.82 bits per heavy atom. The molecular weight excluding hydrogens is 216 g/mol. The molecule has 0 aliphatic carbocycles. The van der Waals surface area contributed by atoms with Crippen molar-refractivity contribution in [2.45, 2.75) is 26.7 Å². The van der Waals surface area contributed by atoms with Crippen molar-refractivity contribution in [1.82, 2.24) is 15.0 Å². The number of nitrogens with two attached hydrogens (primary N) is 1. The fraction of sp³-hybridized carbons (Fsp3) is 0.727. The summed E-state index contributed by atoms with van der Waals surface area (Å²) in [6, 6.07) is 0. The van der Waals surface area contributed by atoms with Gasteiger partial charge in [-0.05, 0) is 5.92 Å². The van der Waals surface area contributed by atoms with E-state index in [0.29, 0.717) is 17.8 Å². The van der Waals surface area contributed by atoms with E-state index in [1.807, 2.05) is 14.1 Å². The number of rotatable bonds is 6. The molecule has 0 atom stereocenters. The Bertz CT molecular complexity index is 348. The van der Waals surface area contributed by atoms with Crippen molar-refractivity contribution in [2.24, 2.45) is 5.92 Å². The first-order chi connectivity index (χ1) is 8.06. The maximum absolute atomic E-state index is 5.64. The van der Waals surface area contributed by atoms with Gasteiger partial charge in [0.05, 0.1) is 0 Å².